The molecule has 0 radical (unpaired) electrons. The second-order valence-electron chi connectivity index (χ2n) is 4.32. The fourth-order valence-electron chi connectivity index (χ4n) is 1.90. The molecular weight excluding hydrogens is 228 g/mol. The molecule has 1 aromatic carbocycles. The minimum Gasteiger partial charge on any atom is -0.497 e. The van der Waals surface area contributed by atoms with Crippen LogP contribution in [0.5, 0.6) is 5.75 Å². The Morgan fingerprint density at radius 2 is 2.00 bits per heavy atom. The molecule has 0 aliphatic rings. The zero-order valence-electron chi connectivity index (χ0n) is 11.3. The van der Waals surface area contributed by atoms with E-state index in [1.807, 2.05) is 24.3 Å². The predicted molar refractivity (Wildman–Crippen MR) is 73.9 cm³/mol. The molecule has 0 aromatic heterocycles. The van der Waals surface area contributed by atoms with E-state index in [-0.39, 0.29) is 11.8 Å². The van der Waals surface area contributed by atoms with Crippen LogP contribution in [-0.4, -0.2) is 26.6 Å². The zero-order valence-corrected chi connectivity index (χ0v) is 11.3. The largest absolute Gasteiger partial charge is 0.497 e. The lowest BCUT2D eigenvalue weighted by Crippen LogP contribution is -2.36. The van der Waals surface area contributed by atoms with E-state index in [1.165, 1.54) is 0 Å². The lowest BCUT2D eigenvalue weighted by atomic mass is 10.0. The molecule has 1 rings (SSSR count). The van der Waals surface area contributed by atoms with Gasteiger partial charge in [-0.25, -0.2) is 0 Å². The van der Waals surface area contributed by atoms with Gasteiger partial charge in [0.1, 0.15) is 5.75 Å². The number of nitrogens with two attached hydrogens (primary N) is 1. The minimum atomic E-state index is -0.0953. The Hall–Kier alpha value is -1.55. The third-order valence-electron chi connectivity index (χ3n) is 3.06. The van der Waals surface area contributed by atoms with E-state index in [0.29, 0.717) is 6.54 Å². The Labute approximate surface area is 109 Å². The van der Waals surface area contributed by atoms with Crippen molar-refractivity contribution in [3.05, 3.63) is 24.3 Å². The topological polar surface area (TPSA) is 55.6 Å². The van der Waals surface area contributed by atoms with Crippen molar-refractivity contribution in [2.24, 2.45) is 11.7 Å². The Morgan fingerprint density at radius 3 is 2.44 bits per heavy atom. The molecule has 0 heterocycles. The van der Waals surface area contributed by atoms with Gasteiger partial charge in [-0.1, -0.05) is 13.3 Å². The Morgan fingerprint density at radius 1 is 1.39 bits per heavy atom. The standard InChI is InChI=1S/C14H22N2O2/c1-4-5-11(10-15)14(17)16(2)12-6-8-13(18-3)9-7-12/h6-9,11H,4-5,10,15H2,1-3H3. The van der Waals surface area contributed by atoms with Gasteiger partial charge in [0.25, 0.3) is 0 Å². The maximum Gasteiger partial charge on any atom is 0.231 e. The van der Waals surface area contributed by atoms with Crippen molar-refractivity contribution >= 4 is 11.6 Å². The highest BCUT2D eigenvalue weighted by molar-refractivity contribution is 5.94. The summed E-state index contributed by atoms with van der Waals surface area (Å²) in [5.74, 6) is 0.759. The van der Waals surface area contributed by atoms with Crippen LogP contribution in [0.25, 0.3) is 0 Å². The summed E-state index contributed by atoms with van der Waals surface area (Å²) in [5.41, 5.74) is 6.51. The first kappa shape index (κ1) is 14.5. The molecule has 18 heavy (non-hydrogen) atoms. The van der Waals surface area contributed by atoms with E-state index in [2.05, 4.69) is 6.92 Å². The van der Waals surface area contributed by atoms with Gasteiger partial charge in [0, 0.05) is 19.3 Å². The number of ether oxygens (including phenoxy) is 1. The van der Waals surface area contributed by atoms with Gasteiger partial charge >= 0.3 is 0 Å². The number of benzene rings is 1. The van der Waals surface area contributed by atoms with E-state index >= 15 is 0 Å². The normalized spacial score (nSPS) is 12.0. The lowest BCUT2D eigenvalue weighted by molar-refractivity contribution is -0.122. The van der Waals surface area contributed by atoms with Gasteiger partial charge in [0.2, 0.25) is 5.91 Å². The number of hydrogen-bond donors (Lipinski definition) is 1. The van der Waals surface area contributed by atoms with E-state index in [0.717, 1.165) is 24.3 Å². The zero-order chi connectivity index (χ0) is 13.5. The average Bonchev–Trinajstić information content (AvgIpc) is 2.43. The van der Waals surface area contributed by atoms with Crippen LogP contribution in [0.4, 0.5) is 5.69 Å². The van der Waals surface area contributed by atoms with Crippen molar-refractivity contribution in [3.63, 3.8) is 0 Å². The molecule has 0 spiro atoms. The molecule has 0 saturated heterocycles. The summed E-state index contributed by atoms with van der Waals surface area (Å²) in [4.78, 5) is 13.9. The van der Waals surface area contributed by atoms with E-state index < -0.39 is 0 Å². The van der Waals surface area contributed by atoms with Gasteiger partial charge in [0.05, 0.1) is 13.0 Å². The molecule has 0 bridgehead atoms. The molecule has 1 aromatic rings. The smallest absolute Gasteiger partial charge is 0.231 e. The molecule has 100 valence electrons. The molecule has 2 N–H and O–H groups in total. The molecule has 4 heteroatoms. The summed E-state index contributed by atoms with van der Waals surface area (Å²) >= 11 is 0. The van der Waals surface area contributed by atoms with Crippen molar-refractivity contribution < 1.29 is 9.53 Å². The molecule has 4 nitrogen and oxygen atoms in total. The van der Waals surface area contributed by atoms with Crippen LogP contribution in [0.2, 0.25) is 0 Å². The van der Waals surface area contributed by atoms with Crippen LogP contribution in [0.1, 0.15) is 19.8 Å². The van der Waals surface area contributed by atoms with Crippen LogP contribution >= 0.6 is 0 Å². The number of carbonyl (C=O) groups is 1. The number of rotatable bonds is 6. The van der Waals surface area contributed by atoms with Gasteiger partial charge in [-0.05, 0) is 30.7 Å². The fourth-order valence-corrected chi connectivity index (χ4v) is 1.90. The number of hydrogen-bond acceptors (Lipinski definition) is 3. The van der Waals surface area contributed by atoms with Crippen molar-refractivity contribution in [2.75, 3.05) is 25.6 Å². The highest BCUT2D eigenvalue weighted by Crippen LogP contribution is 2.20. The Kier molecular flexibility index (Phi) is 5.65. The summed E-state index contributed by atoms with van der Waals surface area (Å²) in [6, 6.07) is 7.43. The molecule has 1 atom stereocenters. The number of nitrogens with zero attached hydrogens (tertiary/aromatic N) is 1. The molecule has 0 aliphatic carbocycles. The van der Waals surface area contributed by atoms with Crippen LogP contribution in [0.15, 0.2) is 24.3 Å². The third kappa shape index (κ3) is 3.47. The third-order valence-corrected chi connectivity index (χ3v) is 3.06. The first-order valence-electron chi connectivity index (χ1n) is 6.25. The second-order valence-corrected chi connectivity index (χ2v) is 4.32. The average molecular weight is 250 g/mol. The second kappa shape index (κ2) is 7.01. The van der Waals surface area contributed by atoms with Crippen molar-refractivity contribution in [1.29, 1.82) is 0 Å². The first-order valence-corrected chi connectivity index (χ1v) is 6.25. The van der Waals surface area contributed by atoms with Crippen LogP contribution < -0.4 is 15.4 Å². The van der Waals surface area contributed by atoms with Gasteiger partial charge < -0.3 is 15.4 Å². The molecular formula is C14H22N2O2. The highest BCUT2D eigenvalue weighted by atomic mass is 16.5. The number of anilines is 1. The van der Waals surface area contributed by atoms with Gasteiger partial charge in [-0.15, -0.1) is 0 Å². The quantitative estimate of drug-likeness (QED) is 0.840. The van der Waals surface area contributed by atoms with E-state index in [4.69, 9.17) is 10.5 Å². The van der Waals surface area contributed by atoms with Gasteiger partial charge in [0.15, 0.2) is 0 Å². The van der Waals surface area contributed by atoms with Crippen molar-refractivity contribution in [2.45, 2.75) is 19.8 Å². The lowest BCUT2D eigenvalue weighted by Gasteiger charge is -2.23. The first-order chi connectivity index (χ1) is 8.63. The fraction of sp³-hybridized carbons (Fsp3) is 0.500. The summed E-state index contributed by atoms with van der Waals surface area (Å²) in [6.07, 6.45) is 1.79. The molecule has 1 amide bonds. The minimum absolute atomic E-state index is 0.0736. The van der Waals surface area contributed by atoms with E-state index in [9.17, 15) is 4.79 Å². The highest BCUT2D eigenvalue weighted by Gasteiger charge is 2.20. The van der Waals surface area contributed by atoms with E-state index in [1.54, 1.807) is 19.1 Å². The van der Waals surface area contributed by atoms with Crippen LogP contribution in [-0.2, 0) is 4.79 Å². The number of amides is 1. The Balaban J connectivity index is 2.78. The summed E-state index contributed by atoms with van der Waals surface area (Å²) in [5, 5.41) is 0. The predicted octanol–water partition coefficient (Wildman–Crippen LogP) is 2.03. The molecule has 0 saturated carbocycles. The van der Waals surface area contributed by atoms with Gasteiger partial charge in [-0.3, -0.25) is 4.79 Å². The monoisotopic (exact) mass is 250 g/mol. The maximum absolute atomic E-state index is 12.2. The number of carbonyl (C=O) groups excluding carboxylic acids is 1. The summed E-state index contributed by atoms with van der Waals surface area (Å²) in [6.45, 7) is 2.45. The van der Waals surface area contributed by atoms with Crippen LogP contribution in [0, 0.1) is 5.92 Å². The van der Waals surface area contributed by atoms with Crippen molar-refractivity contribution in [3.8, 4) is 5.75 Å². The SMILES string of the molecule is CCCC(CN)C(=O)N(C)c1ccc(OC)cc1. The summed E-state index contributed by atoms with van der Waals surface area (Å²) < 4.78 is 5.09. The van der Waals surface area contributed by atoms with Crippen LogP contribution in [0.3, 0.4) is 0 Å². The molecule has 1 unspecified atom stereocenters. The maximum atomic E-state index is 12.2. The molecule has 0 fully saturated rings. The van der Waals surface area contributed by atoms with Crippen molar-refractivity contribution in [1.82, 2.24) is 0 Å². The molecule has 0 aliphatic heterocycles. The van der Waals surface area contributed by atoms with Gasteiger partial charge in [-0.2, -0.15) is 0 Å². The Bertz CT molecular complexity index is 376. The summed E-state index contributed by atoms with van der Waals surface area (Å²) in [7, 11) is 3.40. The number of methoxy groups -OCH3 is 1.